The second kappa shape index (κ2) is 6.15. The summed E-state index contributed by atoms with van der Waals surface area (Å²) in [4.78, 5) is 15.9. The first-order valence-corrected chi connectivity index (χ1v) is 6.18. The molecule has 3 N–H and O–H groups in total. The van der Waals surface area contributed by atoms with Crippen LogP contribution < -0.4 is 11.1 Å². The van der Waals surface area contributed by atoms with Gasteiger partial charge in [-0.25, -0.2) is 4.98 Å². The van der Waals surface area contributed by atoms with Crippen LogP contribution in [0.15, 0.2) is 41.0 Å². The Hall–Kier alpha value is -2.14. The number of nitrogens with two attached hydrogens (primary N) is 1. The van der Waals surface area contributed by atoms with Crippen LogP contribution in [0.3, 0.4) is 0 Å². The van der Waals surface area contributed by atoms with E-state index in [2.05, 4.69) is 10.3 Å². The first kappa shape index (κ1) is 13.3. The molecule has 0 fully saturated rings. The average Bonchev–Trinajstić information content (AvgIpc) is 2.93. The summed E-state index contributed by atoms with van der Waals surface area (Å²) < 4.78 is 5.38. The second-order valence-corrected chi connectivity index (χ2v) is 4.36. The number of nitrogens with zero attached hydrogens (tertiary/aromatic N) is 1. The van der Waals surface area contributed by atoms with Crippen molar-refractivity contribution in [2.24, 2.45) is 11.7 Å². The van der Waals surface area contributed by atoms with Gasteiger partial charge in [-0.05, 0) is 12.1 Å². The first-order chi connectivity index (χ1) is 9.20. The Morgan fingerprint density at radius 1 is 1.42 bits per heavy atom. The number of amides is 1. The molecule has 1 amide bonds. The summed E-state index contributed by atoms with van der Waals surface area (Å²) in [5.41, 5.74) is 7.03. The van der Waals surface area contributed by atoms with E-state index < -0.39 is 0 Å². The molecule has 1 aromatic carbocycles. The largest absolute Gasteiger partial charge is 0.444 e. The highest BCUT2D eigenvalue weighted by Gasteiger charge is 2.11. The lowest BCUT2D eigenvalue weighted by atomic mass is 10.2. The highest BCUT2D eigenvalue weighted by molar-refractivity contribution is 5.78. The summed E-state index contributed by atoms with van der Waals surface area (Å²) in [6, 6.07) is 9.62. The van der Waals surface area contributed by atoms with Gasteiger partial charge >= 0.3 is 0 Å². The van der Waals surface area contributed by atoms with Crippen LogP contribution >= 0.6 is 0 Å². The van der Waals surface area contributed by atoms with Gasteiger partial charge in [-0.3, -0.25) is 4.79 Å². The lowest BCUT2D eigenvalue weighted by molar-refractivity contribution is -0.124. The van der Waals surface area contributed by atoms with Crippen LogP contribution in [0.2, 0.25) is 0 Å². The molecule has 1 heterocycles. The average molecular weight is 259 g/mol. The van der Waals surface area contributed by atoms with Crippen LogP contribution in [0.4, 0.5) is 0 Å². The van der Waals surface area contributed by atoms with E-state index in [1.165, 1.54) is 0 Å². The highest BCUT2D eigenvalue weighted by Crippen LogP contribution is 2.17. The van der Waals surface area contributed by atoms with Crippen molar-refractivity contribution in [3.8, 4) is 11.5 Å². The van der Waals surface area contributed by atoms with Gasteiger partial charge < -0.3 is 15.5 Å². The van der Waals surface area contributed by atoms with E-state index in [1.807, 2.05) is 30.3 Å². The van der Waals surface area contributed by atoms with Crippen LogP contribution in [0, 0.1) is 5.92 Å². The van der Waals surface area contributed by atoms with Crippen molar-refractivity contribution in [1.29, 1.82) is 0 Å². The molecule has 1 atom stereocenters. The molecule has 0 bridgehead atoms. The molecule has 19 heavy (non-hydrogen) atoms. The van der Waals surface area contributed by atoms with Gasteiger partial charge in [-0.15, -0.1) is 0 Å². The fourth-order valence-electron chi connectivity index (χ4n) is 1.56. The molecule has 0 aliphatic rings. The predicted octanol–water partition coefficient (Wildman–Crippen LogP) is 1.55. The van der Waals surface area contributed by atoms with E-state index in [9.17, 15) is 4.79 Å². The number of oxazole rings is 1. The van der Waals surface area contributed by atoms with Crippen molar-refractivity contribution in [1.82, 2.24) is 10.3 Å². The van der Waals surface area contributed by atoms with Crippen LogP contribution in [-0.4, -0.2) is 17.4 Å². The Morgan fingerprint density at radius 3 is 2.84 bits per heavy atom. The molecule has 0 aliphatic carbocycles. The van der Waals surface area contributed by atoms with E-state index in [-0.39, 0.29) is 11.8 Å². The summed E-state index contributed by atoms with van der Waals surface area (Å²) in [5.74, 6) is 0.281. The number of benzene rings is 1. The molecular weight excluding hydrogens is 242 g/mol. The molecule has 1 unspecified atom stereocenters. The van der Waals surface area contributed by atoms with Crippen molar-refractivity contribution >= 4 is 5.91 Å². The van der Waals surface area contributed by atoms with Crippen LogP contribution in [-0.2, 0) is 11.3 Å². The third-order valence-electron chi connectivity index (χ3n) is 2.82. The van der Waals surface area contributed by atoms with Crippen molar-refractivity contribution in [3.63, 3.8) is 0 Å². The number of rotatable bonds is 5. The number of carbonyl (C=O) groups is 1. The maximum Gasteiger partial charge on any atom is 0.226 e. The third kappa shape index (κ3) is 3.42. The first-order valence-electron chi connectivity index (χ1n) is 6.18. The predicted molar refractivity (Wildman–Crippen MR) is 72.0 cm³/mol. The van der Waals surface area contributed by atoms with E-state index in [0.717, 1.165) is 5.56 Å². The molecular formula is C14H17N3O2. The van der Waals surface area contributed by atoms with Crippen LogP contribution in [0.5, 0.6) is 0 Å². The number of carbonyl (C=O) groups excluding carboxylic acids is 1. The molecule has 0 aliphatic heterocycles. The zero-order valence-electron chi connectivity index (χ0n) is 10.8. The van der Waals surface area contributed by atoms with Gasteiger partial charge in [0, 0.05) is 18.0 Å². The van der Waals surface area contributed by atoms with Gasteiger partial charge in [0.1, 0.15) is 6.26 Å². The number of aromatic nitrogens is 1. The summed E-state index contributed by atoms with van der Waals surface area (Å²) in [6.07, 6.45) is 1.55. The number of hydrogen-bond acceptors (Lipinski definition) is 4. The second-order valence-electron chi connectivity index (χ2n) is 4.36. The summed E-state index contributed by atoms with van der Waals surface area (Å²) in [5, 5.41) is 2.77. The van der Waals surface area contributed by atoms with Crippen molar-refractivity contribution < 1.29 is 9.21 Å². The number of hydrogen-bond donors (Lipinski definition) is 2. The molecule has 1 aromatic heterocycles. The minimum absolute atomic E-state index is 0.0771. The van der Waals surface area contributed by atoms with Gasteiger partial charge in [-0.1, -0.05) is 25.1 Å². The Bertz CT molecular complexity index is 537. The summed E-state index contributed by atoms with van der Waals surface area (Å²) in [6.45, 7) is 2.47. The Balaban J connectivity index is 1.97. The maximum absolute atomic E-state index is 11.6. The molecule has 2 aromatic rings. The van der Waals surface area contributed by atoms with Crippen LogP contribution in [0.25, 0.3) is 11.5 Å². The van der Waals surface area contributed by atoms with Crippen LogP contribution in [0.1, 0.15) is 12.6 Å². The molecule has 100 valence electrons. The van der Waals surface area contributed by atoms with Crippen molar-refractivity contribution in [2.45, 2.75) is 13.5 Å². The Kier molecular flexibility index (Phi) is 4.30. The standard InChI is InChI=1S/C14H17N3O2/c1-10(7-15)13(18)16-8-12-9-19-14(17-12)11-5-3-2-4-6-11/h2-6,9-10H,7-8,15H2,1H3,(H,16,18). The van der Waals surface area contributed by atoms with Gasteiger partial charge in [0.15, 0.2) is 0 Å². The molecule has 2 rings (SSSR count). The van der Waals surface area contributed by atoms with E-state index in [0.29, 0.717) is 24.7 Å². The maximum atomic E-state index is 11.6. The molecule has 0 saturated heterocycles. The van der Waals surface area contributed by atoms with Gasteiger partial charge in [0.25, 0.3) is 0 Å². The van der Waals surface area contributed by atoms with Crippen molar-refractivity contribution in [3.05, 3.63) is 42.3 Å². The fourth-order valence-corrected chi connectivity index (χ4v) is 1.56. The number of nitrogens with one attached hydrogen (secondary N) is 1. The van der Waals surface area contributed by atoms with E-state index in [1.54, 1.807) is 13.2 Å². The van der Waals surface area contributed by atoms with Gasteiger partial charge in [0.2, 0.25) is 11.8 Å². The zero-order valence-corrected chi connectivity index (χ0v) is 10.8. The Labute approximate surface area is 111 Å². The minimum atomic E-state index is -0.194. The molecule has 0 saturated carbocycles. The SMILES string of the molecule is CC(CN)C(=O)NCc1coc(-c2ccccc2)n1. The zero-order chi connectivity index (χ0) is 13.7. The highest BCUT2D eigenvalue weighted by atomic mass is 16.3. The lowest BCUT2D eigenvalue weighted by Crippen LogP contribution is -2.32. The molecule has 5 heteroatoms. The third-order valence-corrected chi connectivity index (χ3v) is 2.82. The molecule has 0 spiro atoms. The quantitative estimate of drug-likeness (QED) is 0.853. The topological polar surface area (TPSA) is 81.2 Å². The smallest absolute Gasteiger partial charge is 0.226 e. The minimum Gasteiger partial charge on any atom is -0.444 e. The summed E-state index contributed by atoms with van der Waals surface area (Å²) in [7, 11) is 0. The van der Waals surface area contributed by atoms with Gasteiger partial charge in [0.05, 0.1) is 12.2 Å². The summed E-state index contributed by atoms with van der Waals surface area (Å²) >= 11 is 0. The van der Waals surface area contributed by atoms with Crippen molar-refractivity contribution in [2.75, 3.05) is 6.54 Å². The monoisotopic (exact) mass is 259 g/mol. The lowest BCUT2D eigenvalue weighted by Gasteiger charge is -2.07. The fraction of sp³-hybridized carbons (Fsp3) is 0.286. The Morgan fingerprint density at radius 2 is 2.16 bits per heavy atom. The normalized spacial score (nSPS) is 12.1. The van der Waals surface area contributed by atoms with Gasteiger partial charge in [-0.2, -0.15) is 0 Å². The van der Waals surface area contributed by atoms with E-state index >= 15 is 0 Å². The molecule has 0 radical (unpaired) electrons. The molecule has 5 nitrogen and oxygen atoms in total. The van der Waals surface area contributed by atoms with E-state index in [4.69, 9.17) is 10.2 Å².